The Morgan fingerprint density at radius 2 is 2.50 bits per heavy atom. The molecule has 2 unspecified atom stereocenters. The van der Waals surface area contributed by atoms with E-state index in [0.29, 0.717) is 12.0 Å². The summed E-state index contributed by atoms with van der Waals surface area (Å²) < 4.78 is 0. The highest BCUT2D eigenvalue weighted by Gasteiger charge is 2.33. The van der Waals surface area contributed by atoms with Gasteiger partial charge in [0.05, 0.1) is 0 Å². The topological polar surface area (TPSA) is 29.3 Å². The molecule has 1 aliphatic heterocycles. The highest BCUT2D eigenvalue weighted by molar-refractivity contribution is 7.07. The maximum Gasteiger partial charge on any atom is 0.0396 e. The quantitative estimate of drug-likeness (QED) is 0.827. The Morgan fingerprint density at radius 1 is 1.64 bits per heavy atom. The van der Waals surface area contributed by atoms with Crippen LogP contribution in [0.1, 0.15) is 24.9 Å². The van der Waals surface area contributed by atoms with Crippen LogP contribution in [-0.2, 0) is 0 Å². The van der Waals surface area contributed by atoms with Gasteiger partial charge < -0.3 is 5.73 Å². The summed E-state index contributed by atoms with van der Waals surface area (Å²) in [6, 6.07) is 2.82. The monoisotopic (exact) mass is 210 g/mol. The average molecular weight is 210 g/mol. The van der Waals surface area contributed by atoms with E-state index >= 15 is 0 Å². The smallest absolute Gasteiger partial charge is 0.0396 e. The van der Waals surface area contributed by atoms with Gasteiger partial charge >= 0.3 is 0 Å². The largest absolute Gasteiger partial charge is 0.330 e. The number of nitrogens with zero attached hydrogens (tertiary/aromatic N) is 1. The lowest BCUT2D eigenvalue weighted by molar-refractivity contribution is 0.242. The molecular formula is C11H18N2S. The van der Waals surface area contributed by atoms with Crippen LogP contribution in [0.25, 0.3) is 0 Å². The van der Waals surface area contributed by atoms with Gasteiger partial charge in [-0.2, -0.15) is 11.3 Å². The maximum atomic E-state index is 5.82. The molecule has 2 N–H and O–H groups in total. The Bertz CT molecular complexity index is 259. The third-order valence-electron chi connectivity index (χ3n) is 3.22. The van der Waals surface area contributed by atoms with Gasteiger partial charge in [0.15, 0.2) is 0 Å². The highest BCUT2D eigenvalue weighted by atomic mass is 32.1. The number of hydrogen-bond acceptors (Lipinski definition) is 3. The van der Waals surface area contributed by atoms with E-state index in [-0.39, 0.29) is 0 Å². The molecule has 3 heteroatoms. The van der Waals surface area contributed by atoms with Crippen molar-refractivity contribution in [3.05, 3.63) is 22.4 Å². The van der Waals surface area contributed by atoms with Crippen LogP contribution in [-0.4, -0.2) is 24.5 Å². The lowest BCUT2D eigenvalue weighted by atomic mass is 9.96. The van der Waals surface area contributed by atoms with Crippen molar-refractivity contribution in [3.63, 3.8) is 0 Å². The van der Waals surface area contributed by atoms with E-state index < -0.39 is 0 Å². The molecule has 0 aromatic carbocycles. The fourth-order valence-electron chi connectivity index (χ4n) is 2.45. The van der Waals surface area contributed by atoms with Gasteiger partial charge in [-0.25, -0.2) is 0 Å². The first-order valence-corrected chi connectivity index (χ1v) is 6.27. The van der Waals surface area contributed by atoms with Crippen molar-refractivity contribution in [2.24, 2.45) is 11.7 Å². The molecule has 0 saturated carbocycles. The Morgan fingerprint density at radius 3 is 3.07 bits per heavy atom. The zero-order chi connectivity index (χ0) is 9.97. The molecule has 0 amide bonds. The summed E-state index contributed by atoms with van der Waals surface area (Å²) in [4.78, 5) is 2.54. The Labute approximate surface area is 89.7 Å². The SMILES string of the molecule is CCN1CCC(CN)C1c1ccsc1. The minimum absolute atomic E-state index is 0.580. The molecule has 1 fully saturated rings. The van der Waals surface area contributed by atoms with Crippen LogP contribution in [0, 0.1) is 5.92 Å². The fraction of sp³-hybridized carbons (Fsp3) is 0.636. The predicted molar refractivity (Wildman–Crippen MR) is 61.5 cm³/mol. The zero-order valence-electron chi connectivity index (χ0n) is 8.65. The van der Waals surface area contributed by atoms with Crippen LogP contribution in [0.5, 0.6) is 0 Å². The molecule has 1 aromatic heterocycles. The maximum absolute atomic E-state index is 5.82. The van der Waals surface area contributed by atoms with Gasteiger partial charge in [-0.05, 0) is 54.4 Å². The summed E-state index contributed by atoms with van der Waals surface area (Å²) in [5.74, 6) is 0.657. The second kappa shape index (κ2) is 4.43. The molecule has 2 atom stereocenters. The molecule has 2 nitrogen and oxygen atoms in total. The predicted octanol–water partition coefficient (Wildman–Crippen LogP) is 2.09. The molecule has 1 saturated heterocycles. The number of thiophene rings is 1. The third-order valence-corrected chi connectivity index (χ3v) is 3.92. The summed E-state index contributed by atoms with van der Waals surface area (Å²) in [5.41, 5.74) is 7.29. The first-order valence-electron chi connectivity index (χ1n) is 5.33. The summed E-state index contributed by atoms with van der Waals surface area (Å²) in [6.45, 7) is 5.39. The van der Waals surface area contributed by atoms with Crippen molar-refractivity contribution in [2.45, 2.75) is 19.4 Å². The molecule has 0 radical (unpaired) electrons. The van der Waals surface area contributed by atoms with Crippen molar-refractivity contribution >= 4 is 11.3 Å². The lowest BCUT2D eigenvalue weighted by Gasteiger charge is -2.25. The van der Waals surface area contributed by atoms with E-state index in [2.05, 4.69) is 28.7 Å². The van der Waals surface area contributed by atoms with Crippen molar-refractivity contribution in [1.29, 1.82) is 0 Å². The van der Waals surface area contributed by atoms with E-state index in [9.17, 15) is 0 Å². The van der Waals surface area contributed by atoms with Crippen LogP contribution in [0.2, 0.25) is 0 Å². The van der Waals surface area contributed by atoms with Crippen molar-refractivity contribution < 1.29 is 0 Å². The normalized spacial score (nSPS) is 28.4. The van der Waals surface area contributed by atoms with Crippen LogP contribution < -0.4 is 5.73 Å². The Balaban J connectivity index is 2.19. The van der Waals surface area contributed by atoms with Gasteiger partial charge in [-0.1, -0.05) is 6.92 Å². The fourth-order valence-corrected chi connectivity index (χ4v) is 3.14. The summed E-state index contributed by atoms with van der Waals surface area (Å²) in [5, 5.41) is 4.43. The third kappa shape index (κ3) is 1.72. The van der Waals surface area contributed by atoms with Crippen LogP contribution >= 0.6 is 11.3 Å². The first kappa shape index (κ1) is 10.1. The molecule has 2 rings (SSSR count). The van der Waals surface area contributed by atoms with Crippen molar-refractivity contribution in [3.8, 4) is 0 Å². The van der Waals surface area contributed by atoms with Crippen LogP contribution in [0.15, 0.2) is 16.8 Å². The highest BCUT2D eigenvalue weighted by Crippen LogP contribution is 2.37. The number of hydrogen-bond donors (Lipinski definition) is 1. The second-order valence-electron chi connectivity index (χ2n) is 3.91. The van der Waals surface area contributed by atoms with Crippen molar-refractivity contribution in [2.75, 3.05) is 19.6 Å². The van der Waals surface area contributed by atoms with Gasteiger partial charge in [-0.15, -0.1) is 0 Å². The molecule has 0 aliphatic carbocycles. The number of likely N-dealkylation sites (tertiary alicyclic amines) is 1. The van der Waals surface area contributed by atoms with Crippen LogP contribution in [0.3, 0.4) is 0 Å². The Hall–Kier alpha value is -0.380. The Kier molecular flexibility index (Phi) is 3.21. The van der Waals surface area contributed by atoms with Crippen LogP contribution in [0.4, 0.5) is 0 Å². The molecular weight excluding hydrogens is 192 g/mol. The van der Waals surface area contributed by atoms with E-state index in [0.717, 1.165) is 13.1 Å². The number of nitrogens with two attached hydrogens (primary N) is 1. The van der Waals surface area contributed by atoms with Gasteiger partial charge in [0, 0.05) is 6.04 Å². The molecule has 2 heterocycles. The molecule has 1 aromatic rings. The molecule has 0 spiro atoms. The molecule has 0 bridgehead atoms. The van der Waals surface area contributed by atoms with E-state index in [1.54, 1.807) is 11.3 Å². The minimum atomic E-state index is 0.580. The van der Waals surface area contributed by atoms with Gasteiger partial charge in [-0.3, -0.25) is 4.90 Å². The standard InChI is InChI=1S/C11H18N2S/c1-2-13-5-3-9(7-12)11(13)10-4-6-14-8-10/h4,6,8-9,11H,2-3,5,7,12H2,1H3. The summed E-state index contributed by atoms with van der Waals surface area (Å²) >= 11 is 1.78. The lowest BCUT2D eigenvalue weighted by Crippen LogP contribution is -2.27. The first-order chi connectivity index (χ1) is 6.86. The van der Waals surface area contributed by atoms with Gasteiger partial charge in [0.25, 0.3) is 0 Å². The number of rotatable bonds is 3. The second-order valence-corrected chi connectivity index (χ2v) is 4.69. The molecule has 78 valence electrons. The minimum Gasteiger partial charge on any atom is -0.330 e. The van der Waals surface area contributed by atoms with Crippen molar-refractivity contribution in [1.82, 2.24) is 4.90 Å². The summed E-state index contributed by atoms with van der Waals surface area (Å²) in [6.07, 6.45) is 1.25. The molecule has 14 heavy (non-hydrogen) atoms. The van der Waals surface area contributed by atoms with Gasteiger partial charge in [0.2, 0.25) is 0 Å². The van der Waals surface area contributed by atoms with E-state index in [4.69, 9.17) is 5.73 Å². The van der Waals surface area contributed by atoms with E-state index in [1.165, 1.54) is 18.5 Å². The summed E-state index contributed by atoms with van der Waals surface area (Å²) in [7, 11) is 0. The van der Waals surface area contributed by atoms with Gasteiger partial charge in [0.1, 0.15) is 0 Å². The molecule has 1 aliphatic rings. The van der Waals surface area contributed by atoms with E-state index in [1.807, 2.05) is 0 Å². The zero-order valence-corrected chi connectivity index (χ0v) is 9.46. The average Bonchev–Trinajstić information content (AvgIpc) is 2.85.